The average molecular weight is 289 g/mol. The minimum absolute atomic E-state index is 0.144. The molecule has 2 aliphatic heterocycles. The molecule has 0 aromatic carbocycles. The van der Waals surface area contributed by atoms with Gasteiger partial charge in [-0.25, -0.2) is 0 Å². The molecule has 0 bridgehead atoms. The zero-order valence-electron chi connectivity index (χ0n) is 12.1. The summed E-state index contributed by atoms with van der Waals surface area (Å²) in [5.74, 6) is 0. The normalized spacial score (nSPS) is 31.3. The molecule has 0 amide bonds. The zero-order chi connectivity index (χ0) is 13.9. The van der Waals surface area contributed by atoms with Crippen LogP contribution in [-0.4, -0.2) is 55.8 Å². The fourth-order valence-corrected chi connectivity index (χ4v) is 4.97. The average Bonchev–Trinajstić information content (AvgIpc) is 2.67. The fourth-order valence-electron chi connectivity index (χ4n) is 3.13. The van der Waals surface area contributed by atoms with E-state index in [0.29, 0.717) is 6.54 Å². The van der Waals surface area contributed by atoms with Gasteiger partial charge in [0.05, 0.1) is 0 Å². The Labute approximate surface area is 117 Å². The van der Waals surface area contributed by atoms with Crippen LogP contribution in [0.4, 0.5) is 0 Å². The van der Waals surface area contributed by atoms with Crippen molar-refractivity contribution in [3.05, 3.63) is 0 Å². The maximum absolute atomic E-state index is 12.7. The number of nitrogens with zero attached hydrogens (tertiary/aromatic N) is 2. The maximum Gasteiger partial charge on any atom is 0.282 e. The molecule has 0 spiro atoms. The van der Waals surface area contributed by atoms with Gasteiger partial charge in [-0.1, -0.05) is 6.42 Å². The van der Waals surface area contributed by atoms with Crippen LogP contribution in [0.2, 0.25) is 0 Å². The van der Waals surface area contributed by atoms with Gasteiger partial charge >= 0.3 is 0 Å². The summed E-state index contributed by atoms with van der Waals surface area (Å²) in [7, 11) is -1.53. The van der Waals surface area contributed by atoms with Crippen molar-refractivity contribution in [1.82, 2.24) is 13.9 Å². The molecule has 112 valence electrons. The van der Waals surface area contributed by atoms with E-state index in [1.165, 1.54) is 0 Å². The SMILES string of the molecule is CC1CCCCN1S(=O)(=O)N(C)C1CCCNCC1. The van der Waals surface area contributed by atoms with Gasteiger partial charge < -0.3 is 5.32 Å². The summed E-state index contributed by atoms with van der Waals surface area (Å²) < 4.78 is 28.8. The van der Waals surface area contributed by atoms with Crippen LogP contribution in [0.25, 0.3) is 0 Å². The summed E-state index contributed by atoms with van der Waals surface area (Å²) in [6.07, 6.45) is 6.05. The summed E-state index contributed by atoms with van der Waals surface area (Å²) >= 11 is 0. The van der Waals surface area contributed by atoms with E-state index in [4.69, 9.17) is 0 Å². The first-order valence-corrected chi connectivity index (χ1v) is 8.88. The molecule has 1 N–H and O–H groups in total. The van der Waals surface area contributed by atoms with Gasteiger partial charge in [-0.2, -0.15) is 17.0 Å². The van der Waals surface area contributed by atoms with Crippen molar-refractivity contribution < 1.29 is 8.42 Å². The second kappa shape index (κ2) is 6.52. The van der Waals surface area contributed by atoms with Gasteiger partial charge in [-0.3, -0.25) is 0 Å². The lowest BCUT2D eigenvalue weighted by Crippen LogP contribution is -2.51. The van der Waals surface area contributed by atoms with Crippen LogP contribution in [0, 0.1) is 0 Å². The Morgan fingerprint density at radius 2 is 1.89 bits per heavy atom. The molecule has 6 heteroatoms. The highest BCUT2D eigenvalue weighted by Gasteiger charge is 2.35. The third-order valence-electron chi connectivity index (χ3n) is 4.46. The van der Waals surface area contributed by atoms with E-state index in [9.17, 15) is 8.42 Å². The largest absolute Gasteiger partial charge is 0.317 e. The van der Waals surface area contributed by atoms with Crippen LogP contribution in [0.3, 0.4) is 0 Å². The third-order valence-corrected chi connectivity index (χ3v) is 6.62. The van der Waals surface area contributed by atoms with Gasteiger partial charge in [0.25, 0.3) is 10.2 Å². The van der Waals surface area contributed by atoms with Gasteiger partial charge in [0.2, 0.25) is 0 Å². The Morgan fingerprint density at radius 3 is 2.63 bits per heavy atom. The van der Waals surface area contributed by atoms with E-state index in [2.05, 4.69) is 5.32 Å². The van der Waals surface area contributed by atoms with E-state index in [1.54, 1.807) is 15.7 Å². The van der Waals surface area contributed by atoms with Gasteiger partial charge in [0, 0.05) is 25.7 Å². The van der Waals surface area contributed by atoms with Crippen LogP contribution in [0.1, 0.15) is 45.4 Å². The van der Waals surface area contributed by atoms with Gasteiger partial charge in [-0.05, 0) is 52.1 Å². The predicted octanol–water partition coefficient (Wildman–Crippen LogP) is 1.18. The second-order valence-corrected chi connectivity index (χ2v) is 7.75. The molecule has 2 atom stereocenters. The minimum Gasteiger partial charge on any atom is -0.317 e. The van der Waals surface area contributed by atoms with Crippen LogP contribution in [0.5, 0.6) is 0 Å². The molecule has 0 aliphatic carbocycles. The molecule has 2 rings (SSSR count). The van der Waals surface area contributed by atoms with E-state index in [0.717, 1.165) is 51.6 Å². The lowest BCUT2D eigenvalue weighted by Gasteiger charge is -2.37. The lowest BCUT2D eigenvalue weighted by molar-refractivity contribution is 0.234. The highest BCUT2D eigenvalue weighted by molar-refractivity contribution is 7.86. The number of hydrogen-bond donors (Lipinski definition) is 1. The molecule has 2 fully saturated rings. The van der Waals surface area contributed by atoms with E-state index < -0.39 is 10.2 Å². The summed E-state index contributed by atoms with van der Waals surface area (Å²) in [5, 5.41) is 3.34. The highest BCUT2D eigenvalue weighted by Crippen LogP contribution is 2.24. The van der Waals surface area contributed by atoms with Crippen LogP contribution >= 0.6 is 0 Å². The van der Waals surface area contributed by atoms with Crippen LogP contribution < -0.4 is 5.32 Å². The number of piperidine rings is 1. The van der Waals surface area contributed by atoms with Crippen molar-refractivity contribution in [2.24, 2.45) is 0 Å². The van der Waals surface area contributed by atoms with Gasteiger partial charge in [0.1, 0.15) is 0 Å². The molecule has 5 nitrogen and oxygen atoms in total. The summed E-state index contributed by atoms with van der Waals surface area (Å²) in [6.45, 7) is 4.63. The van der Waals surface area contributed by atoms with E-state index in [1.807, 2.05) is 6.92 Å². The Morgan fingerprint density at radius 1 is 1.11 bits per heavy atom. The Hall–Kier alpha value is -0.170. The summed E-state index contributed by atoms with van der Waals surface area (Å²) in [6, 6.07) is 0.291. The lowest BCUT2D eigenvalue weighted by atomic mass is 10.1. The smallest absolute Gasteiger partial charge is 0.282 e. The molecule has 0 aromatic heterocycles. The molecule has 0 saturated carbocycles. The molecular formula is C13H27N3O2S. The molecule has 2 saturated heterocycles. The minimum atomic E-state index is -3.29. The molecule has 19 heavy (non-hydrogen) atoms. The Kier molecular flexibility index (Phi) is 5.22. The van der Waals surface area contributed by atoms with E-state index in [-0.39, 0.29) is 12.1 Å². The summed E-state index contributed by atoms with van der Waals surface area (Å²) in [4.78, 5) is 0. The van der Waals surface area contributed by atoms with Gasteiger partial charge in [0.15, 0.2) is 0 Å². The monoisotopic (exact) mass is 289 g/mol. The standard InChI is InChI=1S/C13H27N3O2S/c1-12-6-3-4-11-16(12)19(17,18)15(2)13-7-5-9-14-10-8-13/h12-14H,3-11H2,1-2H3. The van der Waals surface area contributed by atoms with Crippen molar-refractivity contribution in [3.63, 3.8) is 0 Å². The fraction of sp³-hybridized carbons (Fsp3) is 1.00. The van der Waals surface area contributed by atoms with Crippen LogP contribution in [-0.2, 0) is 10.2 Å². The first-order chi connectivity index (χ1) is 9.03. The quantitative estimate of drug-likeness (QED) is 0.849. The number of hydrogen-bond acceptors (Lipinski definition) is 3. The maximum atomic E-state index is 12.7. The van der Waals surface area contributed by atoms with Crippen molar-refractivity contribution in [2.45, 2.75) is 57.5 Å². The van der Waals surface area contributed by atoms with Crippen LogP contribution in [0.15, 0.2) is 0 Å². The molecule has 2 heterocycles. The topological polar surface area (TPSA) is 52.7 Å². The number of nitrogens with one attached hydrogen (secondary N) is 1. The molecular weight excluding hydrogens is 262 g/mol. The molecule has 0 aromatic rings. The van der Waals surface area contributed by atoms with Gasteiger partial charge in [-0.15, -0.1) is 0 Å². The Balaban J connectivity index is 2.08. The van der Waals surface area contributed by atoms with Crippen molar-refractivity contribution >= 4 is 10.2 Å². The molecule has 2 aliphatic rings. The van der Waals surface area contributed by atoms with Crippen molar-refractivity contribution in [1.29, 1.82) is 0 Å². The first-order valence-electron chi connectivity index (χ1n) is 7.49. The summed E-state index contributed by atoms with van der Waals surface area (Å²) in [5.41, 5.74) is 0. The predicted molar refractivity (Wildman–Crippen MR) is 77.2 cm³/mol. The first kappa shape index (κ1) is 15.2. The van der Waals surface area contributed by atoms with E-state index >= 15 is 0 Å². The molecule has 0 radical (unpaired) electrons. The molecule has 2 unspecified atom stereocenters. The third kappa shape index (κ3) is 3.48. The van der Waals surface area contributed by atoms with Crippen molar-refractivity contribution in [2.75, 3.05) is 26.7 Å². The zero-order valence-corrected chi connectivity index (χ0v) is 13.0. The Bertz CT molecular complexity index is 377. The van der Waals surface area contributed by atoms with Crippen molar-refractivity contribution in [3.8, 4) is 0 Å². The second-order valence-electron chi connectivity index (χ2n) is 5.81. The number of rotatable bonds is 3. The highest BCUT2D eigenvalue weighted by atomic mass is 32.2.